The third kappa shape index (κ3) is 4.09. The van der Waals surface area contributed by atoms with Crippen LogP contribution in [0.1, 0.15) is 5.56 Å². The van der Waals surface area contributed by atoms with Crippen LogP contribution in [0.4, 0.5) is 18.9 Å². The van der Waals surface area contributed by atoms with Crippen molar-refractivity contribution in [3.8, 4) is 0 Å². The van der Waals surface area contributed by atoms with Gasteiger partial charge in [0.15, 0.2) is 5.54 Å². The second-order valence-electron chi connectivity index (χ2n) is 5.00. The molecule has 0 fully saturated rings. The van der Waals surface area contributed by atoms with Gasteiger partial charge in [-0.05, 0) is 40.2 Å². The van der Waals surface area contributed by atoms with Gasteiger partial charge in [-0.25, -0.2) is 13.2 Å². The van der Waals surface area contributed by atoms with Crippen molar-refractivity contribution in [1.29, 1.82) is 0 Å². The summed E-state index contributed by atoms with van der Waals surface area (Å²) in [6, 6.07) is 5.27. The molecule has 0 aliphatic carbocycles. The van der Waals surface area contributed by atoms with Crippen LogP contribution in [0.5, 0.6) is 0 Å². The van der Waals surface area contributed by atoms with E-state index in [1.807, 2.05) is 6.07 Å². The molecule has 1 aromatic carbocycles. The van der Waals surface area contributed by atoms with Gasteiger partial charge in [-0.1, -0.05) is 0 Å². The number of furan rings is 1. The molecule has 1 aliphatic heterocycles. The van der Waals surface area contributed by atoms with Gasteiger partial charge in [0.25, 0.3) is 6.43 Å². The molecule has 4 N–H and O–H groups in total. The van der Waals surface area contributed by atoms with E-state index in [-0.39, 0.29) is 23.7 Å². The fourth-order valence-corrected chi connectivity index (χ4v) is 2.34. The van der Waals surface area contributed by atoms with Crippen molar-refractivity contribution < 1.29 is 22.3 Å². The topological polar surface area (TPSA) is 86.8 Å². The number of hydrogen-bond acceptors (Lipinski definition) is 5. The maximum absolute atomic E-state index is 13.7. The number of alkyl halides is 2. The number of benzene rings is 1. The molecule has 0 spiro atoms. The predicted molar refractivity (Wildman–Crippen MR) is 87.3 cm³/mol. The predicted octanol–water partition coefficient (Wildman–Crippen LogP) is 3.30. The maximum atomic E-state index is 13.7. The van der Waals surface area contributed by atoms with E-state index in [2.05, 4.69) is 25.3 Å². The zero-order chi connectivity index (χ0) is 17.7. The normalized spacial score (nSPS) is 20.3. The highest BCUT2D eigenvalue weighted by molar-refractivity contribution is 9.10. The Hall–Kier alpha value is -2.00. The minimum absolute atomic E-state index is 0.0432. The molecular weight excluding hydrogens is 391 g/mol. The van der Waals surface area contributed by atoms with Gasteiger partial charge in [-0.2, -0.15) is 0 Å². The smallest absolute Gasteiger partial charge is 0.269 e. The number of rotatable bonds is 2. The molecule has 0 amide bonds. The molecule has 2 aromatic rings. The highest BCUT2D eigenvalue weighted by atomic mass is 79.9. The lowest BCUT2D eigenvalue weighted by atomic mass is 9.90. The first-order valence-corrected chi connectivity index (χ1v) is 7.58. The number of hydrogen-bond donors (Lipinski definition) is 2. The molecule has 1 aromatic heterocycles. The van der Waals surface area contributed by atoms with Gasteiger partial charge in [0.05, 0.1) is 17.3 Å². The molecule has 0 unspecified atom stereocenters. The summed E-state index contributed by atoms with van der Waals surface area (Å²) in [7, 11) is 0. The number of amidine groups is 1. The third-order valence-electron chi connectivity index (χ3n) is 3.22. The molecule has 130 valence electrons. The monoisotopic (exact) mass is 405 g/mol. The molecule has 2 heterocycles. The molecule has 1 atom stereocenters. The molecule has 0 saturated heterocycles. The van der Waals surface area contributed by atoms with Crippen LogP contribution in [0.25, 0.3) is 0 Å². The van der Waals surface area contributed by atoms with Crippen molar-refractivity contribution in [3.63, 3.8) is 0 Å². The SMILES string of the molecule is Brc1ccoc1.NC1=N[C@@](c2cc(N)ccc2F)(C(F)F)COC1. The summed E-state index contributed by atoms with van der Waals surface area (Å²) in [5, 5.41) is 0. The summed E-state index contributed by atoms with van der Waals surface area (Å²) >= 11 is 3.19. The van der Waals surface area contributed by atoms with Gasteiger partial charge in [0, 0.05) is 11.3 Å². The number of anilines is 1. The molecular formula is C15H15BrF3N3O2. The summed E-state index contributed by atoms with van der Waals surface area (Å²) in [4.78, 5) is 3.71. The Labute approximate surface area is 144 Å². The van der Waals surface area contributed by atoms with Crippen LogP contribution in [-0.2, 0) is 10.3 Å². The van der Waals surface area contributed by atoms with Crippen LogP contribution in [0.15, 0.2) is 50.7 Å². The lowest BCUT2D eigenvalue weighted by Crippen LogP contribution is -2.45. The van der Waals surface area contributed by atoms with Crippen molar-refractivity contribution in [2.24, 2.45) is 10.7 Å². The van der Waals surface area contributed by atoms with E-state index in [4.69, 9.17) is 16.2 Å². The van der Waals surface area contributed by atoms with Gasteiger partial charge in [-0.3, -0.25) is 4.99 Å². The zero-order valence-corrected chi connectivity index (χ0v) is 14.0. The summed E-state index contributed by atoms with van der Waals surface area (Å²) in [6.07, 6.45) is 0.289. The van der Waals surface area contributed by atoms with Gasteiger partial charge in [0.1, 0.15) is 24.5 Å². The van der Waals surface area contributed by atoms with E-state index in [1.165, 1.54) is 6.07 Å². The lowest BCUT2D eigenvalue weighted by molar-refractivity contribution is -0.0145. The molecule has 1 aliphatic rings. The maximum Gasteiger partial charge on any atom is 0.269 e. The number of nitrogens with two attached hydrogens (primary N) is 2. The van der Waals surface area contributed by atoms with Gasteiger partial charge < -0.3 is 20.6 Å². The second kappa shape index (κ2) is 7.71. The molecule has 9 heteroatoms. The van der Waals surface area contributed by atoms with E-state index < -0.39 is 24.4 Å². The minimum atomic E-state index is -2.95. The van der Waals surface area contributed by atoms with Crippen molar-refractivity contribution in [2.45, 2.75) is 12.0 Å². The van der Waals surface area contributed by atoms with E-state index in [0.29, 0.717) is 0 Å². The van der Waals surface area contributed by atoms with E-state index >= 15 is 0 Å². The van der Waals surface area contributed by atoms with Crippen LogP contribution in [0.2, 0.25) is 0 Å². The van der Waals surface area contributed by atoms with Gasteiger partial charge in [0.2, 0.25) is 0 Å². The Balaban J connectivity index is 0.000000292. The Kier molecular flexibility index (Phi) is 5.89. The van der Waals surface area contributed by atoms with Crippen LogP contribution in [0.3, 0.4) is 0 Å². The Bertz CT molecular complexity index is 710. The van der Waals surface area contributed by atoms with Gasteiger partial charge in [-0.15, -0.1) is 0 Å². The molecule has 0 radical (unpaired) electrons. The summed E-state index contributed by atoms with van der Waals surface area (Å²) < 4.78 is 50.9. The van der Waals surface area contributed by atoms with Gasteiger partial charge >= 0.3 is 0 Å². The highest BCUT2D eigenvalue weighted by Crippen LogP contribution is 2.37. The van der Waals surface area contributed by atoms with E-state index in [1.54, 1.807) is 12.5 Å². The highest BCUT2D eigenvalue weighted by Gasteiger charge is 2.46. The first-order chi connectivity index (χ1) is 11.3. The van der Waals surface area contributed by atoms with E-state index in [9.17, 15) is 13.2 Å². The molecule has 3 rings (SSSR count). The molecule has 24 heavy (non-hydrogen) atoms. The van der Waals surface area contributed by atoms with Crippen molar-refractivity contribution in [1.82, 2.24) is 0 Å². The quantitative estimate of drug-likeness (QED) is 0.750. The average Bonchev–Trinajstić information content (AvgIpc) is 3.01. The lowest BCUT2D eigenvalue weighted by Gasteiger charge is -2.33. The standard InChI is InChI=1S/C11H12F3N3O.C4H3BrO/c12-8-2-1-6(15)3-7(8)11(10(13)14)5-18-4-9(16)17-11;5-4-1-2-6-3-4/h1-3,10H,4-5,15H2,(H2,16,17);1-3H/t11-;/m0./s1. The molecule has 0 saturated carbocycles. The number of nitrogens with zero attached hydrogens (tertiary/aromatic N) is 1. The van der Waals surface area contributed by atoms with Crippen molar-refractivity contribution in [2.75, 3.05) is 18.9 Å². The zero-order valence-electron chi connectivity index (χ0n) is 12.4. The van der Waals surface area contributed by atoms with Crippen LogP contribution in [-0.4, -0.2) is 25.5 Å². The minimum Gasteiger partial charge on any atom is -0.471 e. The van der Waals surface area contributed by atoms with Crippen LogP contribution in [0, 0.1) is 5.82 Å². The first kappa shape index (κ1) is 18.3. The summed E-state index contributed by atoms with van der Waals surface area (Å²) in [5.74, 6) is -0.907. The number of ether oxygens (including phenoxy) is 1. The average molecular weight is 406 g/mol. The largest absolute Gasteiger partial charge is 0.471 e. The second-order valence-corrected chi connectivity index (χ2v) is 5.92. The number of aliphatic imine (C=N–C) groups is 1. The Morgan fingerprint density at radius 3 is 2.50 bits per heavy atom. The first-order valence-electron chi connectivity index (χ1n) is 6.78. The Morgan fingerprint density at radius 1 is 1.25 bits per heavy atom. The van der Waals surface area contributed by atoms with Crippen molar-refractivity contribution >= 4 is 27.5 Å². The van der Waals surface area contributed by atoms with Crippen LogP contribution >= 0.6 is 15.9 Å². The molecule has 0 bridgehead atoms. The fraction of sp³-hybridized carbons (Fsp3) is 0.267. The van der Waals surface area contributed by atoms with Crippen molar-refractivity contribution in [3.05, 3.63) is 52.6 Å². The summed E-state index contributed by atoms with van der Waals surface area (Å²) in [5.41, 5.74) is 8.65. The molecule has 5 nitrogen and oxygen atoms in total. The third-order valence-corrected chi connectivity index (χ3v) is 3.67. The Morgan fingerprint density at radius 2 is 2.00 bits per heavy atom. The number of halogens is 4. The fourth-order valence-electron chi connectivity index (χ4n) is 2.12. The summed E-state index contributed by atoms with van der Waals surface area (Å²) in [6.45, 7) is -0.482. The van der Waals surface area contributed by atoms with Crippen LogP contribution < -0.4 is 11.5 Å². The number of nitrogen functional groups attached to an aromatic ring is 1. The van der Waals surface area contributed by atoms with E-state index in [0.717, 1.165) is 16.6 Å².